The molecule has 1 aliphatic rings. The molecule has 1 aromatic rings. The second-order valence-electron chi connectivity index (χ2n) is 4.38. The lowest BCUT2D eigenvalue weighted by molar-refractivity contribution is 0.494. The molecule has 84 valence electrons. The van der Waals surface area contributed by atoms with Crippen molar-refractivity contribution in [3.63, 3.8) is 0 Å². The monoisotopic (exact) mass is 205 g/mol. The summed E-state index contributed by atoms with van der Waals surface area (Å²) in [6.07, 6.45) is 3.74. The molecule has 2 rings (SSSR count). The van der Waals surface area contributed by atoms with Gasteiger partial charge in [0.15, 0.2) is 0 Å². The van der Waals surface area contributed by atoms with Crippen molar-refractivity contribution in [1.82, 2.24) is 5.32 Å². The first-order valence-electron chi connectivity index (χ1n) is 5.47. The molecule has 0 fully saturated rings. The molecule has 1 atom stereocenters. The Morgan fingerprint density at radius 1 is 1.13 bits per heavy atom. The van der Waals surface area contributed by atoms with Gasteiger partial charge in [0.2, 0.25) is 0 Å². The van der Waals surface area contributed by atoms with Crippen molar-refractivity contribution >= 4 is 0 Å². The van der Waals surface area contributed by atoms with E-state index in [1.807, 2.05) is 0 Å². The zero-order chi connectivity index (χ0) is 10.1. The molecule has 15 heavy (non-hydrogen) atoms. The number of hydrogen-bond acceptors (Lipinski definition) is 1. The Balaban J connectivity index is 0.00000112. The summed E-state index contributed by atoms with van der Waals surface area (Å²) in [4.78, 5) is 0. The lowest BCUT2D eigenvalue weighted by atomic mass is 9.83. The van der Waals surface area contributed by atoms with Gasteiger partial charge in [0, 0.05) is 6.04 Å². The van der Waals surface area contributed by atoms with Crippen LogP contribution in [0.2, 0.25) is 0 Å². The highest BCUT2D eigenvalue weighted by Gasteiger charge is 2.19. The Labute approximate surface area is 93.9 Å². The first-order chi connectivity index (χ1) is 6.72. The number of nitrogens with one attached hydrogen (secondary N) is 1. The average Bonchev–Trinajstić information content (AvgIpc) is 2.23. The van der Waals surface area contributed by atoms with E-state index in [1.54, 1.807) is 11.1 Å². The van der Waals surface area contributed by atoms with Gasteiger partial charge in [-0.05, 0) is 62.4 Å². The highest BCUT2D eigenvalue weighted by atomic mass is 14.9. The summed E-state index contributed by atoms with van der Waals surface area (Å²) in [6, 6.07) is 5.20. The van der Waals surface area contributed by atoms with E-state index in [2.05, 4.69) is 38.3 Å². The highest BCUT2D eigenvalue weighted by molar-refractivity contribution is 5.42. The molecule has 0 radical (unpaired) electrons. The minimum atomic E-state index is 0. The Bertz CT molecular complexity index is 341. The second kappa shape index (κ2) is 4.80. The normalized spacial score (nSPS) is 19.3. The molecule has 0 amide bonds. The summed E-state index contributed by atoms with van der Waals surface area (Å²) in [7, 11) is 2.07. The topological polar surface area (TPSA) is 12.0 Å². The van der Waals surface area contributed by atoms with Crippen LogP contribution in [0.4, 0.5) is 0 Å². The van der Waals surface area contributed by atoms with Crippen LogP contribution in [0.1, 0.15) is 36.1 Å². The van der Waals surface area contributed by atoms with E-state index in [9.17, 15) is 0 Å². The summed E-state index contributed by atoms with van der Waals surface area (Å²) in [5.74, 6) is 0. The molecule has 0 heterocycles. The maximum Gasteiger partial charge on any atom is 0.0108 e. The fraction of sp³-hybridized carbons (Fsp3) is 0.571. The SMILES string of the molecule is C.CNC1CCc2c(C)ccc(C)c2C1. The zero-order valence-electron chi connectivity index (χ0n) is 9.35. The van der Waals surface area contributed by atoms with Crippen LogP contribution in [0.25, 0.3) is 0 Å². The van der Waals surface area contributed by atoms with E-state index >= 15 is 0 Å². The van der Waals surface area contributed by atoms with Gasteiger partial charge in [-0.2, -0.15) is 0 Å². The second-order valence-corrected chi connectivity index (χ2v) is 4.38. The number of likely N-dealkylation sites (N-methyl/N-ethyl adjacent to an activating group) is 1. The number of aryl methyl sites for hydroxylation is 2. The molecule has 1 nitrogen and oxygen atoms in total. The van der Waals surface area contributed by atoms with Crippen LogP contribution in [0.3, 0.4) is 0 Å². The zero-order valence-corrected chi connectivity index (χ0v) is 9.35. The van der Waals surface area contributed by atoms with E-state index in [4.69, 9.17) is 0 Å². The maximum atomic E-state index is 3.39. The molecule has 0 aromatic heterocycles. The van der Waals surface area contributed by atoms with E-state index < -0.39 is 0 Å². The fourth-order valence-electron chi connectivity index (χ4n) is 2.47. The molecular formula is C14H23N. The van der Waals surface area contributed by atoms with Gasteiger partial charge in [0.25, 0.3) is 0 Å². The predicted octanol–water partition coefficient (Wildman–Crippen LogP) is 3.02. The van der Waals surface area contributed by atoms with Crippen LogP contribution in [-0.4, -0.2) is 13.1 Å². The van der Waals surface area contributed by atoms with Crippen LogP contribution in [0.15, 0.2) is 12.1 Å². The van der Waals surface area contributed by atoms with Gasteiger partial charge in [0.05, 0.1) is 0 Å². The molecule has 0 spiro atoms. The van der Waals surface area contributed by atoms with E-state index in [-0.39, 0.29) is 7.43 Å². The molecule has 0 saturated carbocycles. The summed E-state index contributed by atoms with van der Waals surface area (Å²) >= 11 is 0. The van der Waals surface area contributed by atoms with Crippen molar-refractivity contribution in [3.8, 4) is 0 Å². The number of fused-ring (bicyclic) bond motifs is 1. The third-order valence-corrected chi connectivity index (χ3v) is 3.50. The van der Waals surface area contributed by atoms with E-state index in [0.717, 1.165) is 0 Å². The van der Waals surface area contributed by atoms with Gasteiger partial charge in [-0.1, -0.05) is 19.6 Å². The lowest BCUT2D eigenvalue weighted by Crippen LogP contribution is -2.32. The molecule has 1 N–H and O–H groups in total. The van der Waals surface area contributed by atoms with Gasteiger partial charge < -0.3 is 5.32 Å². The van der Waals surface area contributed by atoms with Crippen LogP contribution >= 0.6 is 0 Å². The predicted molar refractivity (Wildman–Crippen MR) is 67.5 cm³/mol. The van der Waals surface area contributed by atoms with Crippen LogP contribution in [0.5, 0.6) is 0 Å². The molecular weight excluding hydrogens is 182 g/mol. The molecule has 1 aliphatic carbocycles. The quantitative estimate of drug-likeness (QED) is 0.743. The number of hydrogen-bond donors (Lipinski definition) is 1. The van der Waals surface area contributed by atoms with Gasteiger partial charge in [-0.15, -0.1) is 0 Å². The van der Waals surface area contributed by atoms with Crippen molar-refractivity contribution in [2.24, 2.45) is 0 Å². The van der Waals surface area contributed by atoms with Crippen molar-refractivity contribution in [2.75, 3.05) is 7.05 Å². The first-order valence-corrected chi connectivity index (χ1v) is 5.47. The third-order valence-electron chi connectivity index (χ3n) is 3.50. The Kier molecular flexibility index (Phi) is 3.92. The van der Waals surface area contributed by atoms with E-state index in [0.29, 0.717) is 6.04 Å². The Morgan fingerprint density at radius 2 is 1.73 bits per heavy atom. The Morgan fingerprint density at radius 3 is 2.33 bits per heavy atom. The Hall–Kier alpha value is -0.820. The molecule has 0 saturated heterocycles. The van der Waals surface area contributed by atoms with Gasteiger partial charge in [-0.25, -0.2) is 0 Å². The molecule has 1 unspecified atom stereocenters. The van der Waals surface area contributed by atoms with Gasteiger partial charge in [0.1, 0.15) is 0 Å². The summed E-state index contributed by atoms with van der Waals surface area (Å²) in [5.41, 5.74) is 6.14. The van der Waals surface area contributed by atoms with Crippen molar-refractivity contribution < 1.29 is 0 Å². The van der Waals surface area contributed by atoms with Crippen LogP contribution in [0, 0.1) is 13.8 Å². The van der Waals surface area contributed by atoms with E-state index in [1.165, 1.54) is 30.4 Å². The van der Waals surface area contributed by atoms with Crippen molar-refractivity contribution in [2.45, 2.75) is 46.6 Å². The summed E-state index contributed by atoms with van der Waals surface area (Å²) < 4.78 is 0. The van der Waals surface area contributed by atoms with Crippen molar-refractivity contribution in [3.05, 3.63) is 34.4 Å². The van der Waals surface area contributed by atoms with Crippen LogP contribution < -0.4 is 5.32 Å². The molecule has 1 aromatic carbocycles. The smallest absolute Gasteiger partial charge is 0.0108 e. The standard InChI is InChI=1S/C13H19N.CH4/c1-9-4-5-10(2)13-8-11(14-3)6-7-12(9)13;/h4-5,11,14H,6-8H2,1-3H3;1H4. The number of rotatable bonds is 1. The first kappa shape index (κ1) is 12.3. The molecule has 0 bridgehead atoms. The molecule has 0 aliphatic heterocycles. The lowest BCUT2D eigenvalue weighted by Gasteiger charge is -2.27. The number of benzene rings is 1. The minimum absolute atomic E-state index is 0. The van der Waals surface area contributed by atoms with Crippen molar-refractivity contribution in [1.29, 1.82) is 0 Å². The average molecular weight is 205 g/mol. The summed E-state index contributed by atoms with van der Waals surface area (Å²) in [6.45, 7) is 4.47. The highest BCUT2D eigenvalue weighted by Crippen LogP contribution is 2.26. The van der Waals surface area contributed by atoms with Gasteiger partial charge >= 0.3 is 0 Å². The fourth-order valence-corrected chi connectivity index (χ4v) is 2.47. The minimum Gasteiger partial charge on any atom is -0.317 e. The maximum absolute atomic E-state index is 3.39. The molecule has 1 heteroatoms. The van der Waals surface area contributed by atoms with Crippen LogP contribution in [-0.2, 0) is 12.8 Å². The third kappa shape index (κ3) is 2.23. The largest absolute Gasteiger partial charge is 0.317 e. The summed E-state index contributed by atoms with van der Waals surface area (Å²) in [5, 5.41) is 3.39. The van der Waals surface area contributed by atoms with Gasteiger partial charge in [-0.3, -0.25) is 0 Å².